The lowest BCUT2D eigenvalue weighted by atomic mass is 10.1. The molecule has 0 unspecified atom stereocenters. The topological polar surface area (TPSA) is 56.3 Å². The number of likely N-dealkylation sites (N-methyl/N-ethyl adjacent to an activating group) is 1. The lowest BCUT2D eigenvalue weighted by Crippen LogP contribution is -2.44. The summed E-state index contributed by atoms with van der Waals surface area (Å²) in [4.78, 5) is 4.52. The van der Waals surface area contributed by atoms with Gasteiger partial charge in [-0.25, -0.2) is 0 Å². The summed E-state index contributed by atoms with van der Waals surface area (Å²) in [6, 6.07) is 7.85. The summed E-state index contributed by atoms with van der Waals surface area (Å²) in [7, 11) is 2.11. The largest absolute Gasteiger partial charge is 0.398 e. The lowest BCUT2D eigenvalue weighted by Gasteiger charge is -2.34. The lowest BCUT2D eigenvalue weighted by molar-refractivity contribution is 0.313. The van der Waals surface area contributed by atoms with Gasteiger partial charge in [0.1, 0.15) is 6.07 Å². The highest BCUT2D eigenvalue weighted by molar-refractivity contribution is 5.70. The Hall–Kier alpha value is -1.73. The average Bonchev–Trinajstić information content (AvgIpc) is 2.30. The first kappa shape index (κ1) is 10.8. The van der Waals surface area contributed by atoms with Crippen molar-refractivity contribution in [2.45, 2.75) is 0 Å². The third-order valence-electron chi connectivity index (χ3n) is 3.03. The fourth-order valence-electron chi connectivity index (χ4n) is 1.99. The molecule has 0 bridgehead atoms. The van der Waals surface area contributed by atoms with Gasteiger partial charge in [-0.2, -0.15) is 5.26 Å². The highest BCUT2D eigenvalue weighted by atomic mass is 15.2. The van der Waals surface area contributed by atoms with Crippen molar-refractivity contribution in [3.8, 4) is 6.07 Å². The molecule has 1 heterocycles. The first-order valence-electron chi connectivity index (χ1n) is 5.44. The number of benzene rings is 1. The van der Waals surface area contributed by atoms with Gasteiger partial charge in [0.05, 0.1) is 16.9 Å². The fourth-order valence-corrected chi connectivity index (χ4v) is 1.99. The van der Waals surface area contributed by atoms with Gasteiger partial charge >= 0.3 is 0 Å². The van der Waals surface area contributed by atoms with Crippen LogP contribution in [0.25, 0.3) is 0 Å². The van der Waals surface area contributed by atoms with Crippen LogP contribution < -0.4 is 10.6 Å². The molecule has 0 radical (unpaired) electrons. The molecule has 0 amide bonds. The third kappa shape index (κ3) is 1.95. The van der Waals surface area contributed by atoms with Crippen molar-refractivity contribution in [2.75, 3.05) is 43.9 Å². The van der Waals surface area contributed by atoms with Crippen LogP contribution in [-0.4, -0.2) is 38.1 Å². The quantitative estimate of drug-likeness (QED) is 0.708. The zero-order valence-corrected chi connectivity index (χ0v) is 9.48. The van der Waals surface area contributed by atoms with E-state index in [1.807, 2.05) is 12.1 Å². The van der Waals surface area contributed by atoms with Crippen LogP contribution in [-0.2, 0) is 0 Å². The van der Waals surface area contributed by atoms with Crippen LogP contribution in [0, 0.1) is 11.3 Å². The summed E-state index contributed by atoms with van der Waals surface area (Å²) >= 11 is 0. The van der Waals surface area contributed by atoms with E-state index < -0.39 is 0 Å². The average molecular weight is 216 g/mol. The molecule has 84 valence electrons. The fraction of sp³-hybridized carbons (Fsp3) is 0.417. The molecule has 1 aromatic rings. The number of rotatable bonds is 1. The molecule has 2 rings (SSSR count). The van der Waals surface area contributed by atoms with E-state index in [1.165, 1.54) is 0 Å². The van der Waals surface area contributed by atoms with Gasteiger partial charge < -0.3 is 15.5 Å². The Labute approximate surface area is 95.9 Å². The number of nitrogens with two attached hydrogens (primary N) is 1. The highest BCUT2D eigenvalue weighted by Crippen LogP contribution is 2.25. The molecule has 0 spiro atoms. The van der Waals surface area contributed by atoms with Crippen molar-refractivity contribution < 1.29 is 0 Å². The Bertz CT molecular complexity index is 414. The summed E-state index contributed by atoms with van der Waals surface area (Å²) in [5.74, 6) is 0. The minimum atomic E-state index is 0.568. The summed E-state index contributed by atoms with van der Waals surface area (Å²) in [5.41, 5.74) is 7.95. The van der Waals surface area contributed by atoms with Gasteiger partial charge in [-0.1, -0.05) is 6.07 Å². The molecule has 1 fully saturated rings. The van der Waals surface area contributed by atoms with E-state index in [4.69, 9.17) is 11.0 Å². The standard InChI is InChI=1S/C12H16N4/c1-15-5-7-16(8-6-15)12-4-2-3-11(14)10(12)9-13/h2-4H,5-8,14H2,1H3. The van der Waals surface area contributed by atoms with Crippen LogP contribution in [0.15, 0.2) is 18.2 Å². The Morgan fingerprint density at radius 2 is 1.94 bits per heavy atom. The van der Waals surface area contributed by atoms with Crippen molar-refractivity contribution in [3.05, 3.63) is 23.8 Å². The van der Waals surface area contributed by atoms with E-state index in [-0.39, 0.29) is 0 Å². The van der Waals surface area contributed by atoms with Crippen LogP contribution >= 0.6 is 0 Å². The van der Waals surface area contributed by atoms with Gasteiger partial charge in [-0.15, -0.1) is 0 Å². The molecule has 1 saturated heterocycles. The molecule has 0 aromatic heterocycles. The first-order valence-corrected chi connectivity index (χ1v) is 5.44. The molecule has 0 atom stereocenters. The second kappa shape index (κ2) is 4.42. The molecule has 0 saturated carbocycles. The summed E-state index contributed by atoms with van der Waals surface area (Å²) in [5, 5.41) is 9.11. The summed E-state index contributed by atoms with van der Waals surface area (Å²) in [6.45, 7) is 3.96. The summed E-state index contributed by atoms with van der Waals surface area (Å²) in [6.07, 6.45) is 0. The molecule has 1 aliphatic heterocycles. The van der Waals surface area contributed by atoms with Crippen LogP contribution in [0.4, 0.5) is 11.4 Å². The van der Waals surface area contributed by atoms with Gasteiger partial charge in [0.15, 0.2) is 0 Å². The number of nitrogens with zero attached hydrogens (tertiary/aromatic N) is 3. The molecule has 16 heavy (non-hydrogen) atoms. The maximum Gasteiger partial charge on any atom is 0.104 e. The molecule has 4 heteroatoms. The summed E-state index contributed by atoms with van der Waals surface area (Å²) < 4.78 is 0. The van der Waals surface area contributed by atoms with Crippen LogP contribution in [0.5, 0.6) is 0 Å². The van der Waals surface area contributed by atoms with E-state index in [1.54, 1.807) is 6.07 Å². The highest BCUT2D eigenvalue weighted by Gasteiger charge is 2.17. The molecular weight excluding hydrogens is 200 g/mol. The molecule has 1 aliphatic rings. The Kier molecular flexibility index (Phi) is 2.97. The molecular formula is C12H16N4. The van der Waals surface area contributed by atoms with Gasteiger partial charge in [0.2, 0.25) is 0 Å². The van der Waals surface area contributed by atoms with Gasteiger partial charge in [-0.3, -0.25) is 0 Å². The minimum Gasteiger partial charge on any atom is -0.398 e. The van der Waals surface area contributed by atoms with E-state index in [0.717, 1.165) is 31.9 Å². The predicted octanol–water partition coefficient (Wildman–Crippen LogP) is 0.892. The molecule has 0 aliphatic carbocycles. The SMILES string of the molecule is CN1CCN(c2cccc(N)c2C#N)CC1. The zero-order valence-electron chi connectivity index (χ0n) is 9.48. The molecule has 4 nitrogen and oxygen atoms in total. The van der Waals surface area contributed by atoms with E-state index in [0.29, 0.717) is 11.3 Å². The Morgan fingerprint density at radius 3 is 2.56 bits per heavy atom. The van der Waals surface area contributed by atoms with Crippen molar-refractivity contribution in [1.29, 1.82) is 5.26 Å². The van der Waals surface area contributed by atoms with Crippen molar-refractivity contribution in [3.63, 3.8) is 0 Å². The number of anilines is 2. The Balaban J connectivity index is 2.27. The maximum absolute atomic E-state index is 9.11. The molecule has 2 N–H and O–H groups in total. The number of nitrogen functional groups attached to an aromatic ring is 1. The first-order chi connectivity index (χ1) is 7.72. The van der Waals surface area contributed by atoms with E-state index in [2.05, 4.69) is 22.9 Å². The Morgan fingerprint density at radius 1 is 1.25 bits per heavy atom. The van der Waals surface area contributed by atoms with Crippen molar-refractivity contribution in [2.24, 2.45) is 0 Å². The monoisotopic (exact) mass is 216 g/mol. The smallest absolute Gasteiger partial charge is 0.104 e. The van der Waals surface area contributed by atoms with E-state index >= 15 is 0 Å². The number of hydrogen-bond donors (Lipinski definition) is 1. The maximum atomic E-state index is 9.11. The van der Waals surface area contributed by atoms with Crippen LogP contribution in [0.3, 0.4) is 0 Å². The van der Waals surface area contributed by atoms with Crippen molar-refractivity contribution >= 4 is 11.4 Å². The van der Waals surface area contributed by atoms with Crippen LogP contribution in [0.2, 0.25) is 0 Å². The van der Waals surface area contributed by atoms with Crippen molar-refractivity contribution in [1.82, 2.24) is 4.90 Å². The van der Waals surface area contributed by atoms with Crippen LogP contribution in [0.1, 0.15) is 5.56 Å². The number of hydrogen-bond acceptors (Lipinski definition) is 4. The second-order valence-electron chi connectivity index (χ2n) is 4.14. The minimum absolute atomic E-state index is 0.568. The zero-order chi connectivity index (χ0) is 11.5. The second-order valence-corrected chi connectivity index (χ2v) is 4.14. The number of nitriles is 1. The van der Waals surface area contributed by atoms with Gasteiger partial charge in [0.25, 0.3) is 0 Å². The van der Waals surface area contributed by atoms with Gasteiger partial charge in [-0.05, 0) is 19.2 Å². The van der Waals surface area contributed by atoms with Gasteiger partial charge in [0, 0.05) is 26.2 Å². The normalized spacial score (nSPS) is 17.1. The third-order valence-corrected chi connectivity index (χ3v) is 3.03. The molecule has 1 aromatic carbocycles. The predicted molar refractivity (Wildman–Crippen MR) is 65.3 cm³/mol. The number of piperazine rings is 1. The van der Waals surface area contributed by atoms with E-state index in [9.17, 15) is 0 Å².